The van der Waals surface area contributed by atoms with Crippen LogP contribution in [0.3, 0.4) is 0 Å². The zero-order valence-corrected chi connectivity index (χ0v) is 18.5. The number of fused-ring (bicyclic) bond motifs is 1. The summed E-state index contributed by atoms with van der Waals surface area (Å²) in [5.41, 5.74) is 2.54. The molecule has 0 spiro atoms. The molecule has 31 heavy (non-hydrogen) atoms. The summed E-state index contributed by atoms with van der Waals surface area (Å²) in [6, 6.07) is 13.8. The molecule has 0 N–H and O–H groups in total. The van der Waals surface area contributed by atoms with Gasteiger partial charge in [0.05, 0.1) is 12.6 Å². The molecule has 1 aliphatic heterocycles. The number of carbonyl (C=O) groups is 1. The molecule has 0 saturated carbocycles. The smallest absolute Gasteiger partial charge is 0.246 e. The topological polar surface area (TPSA) is 60.9 Å². The van der Waals surface area contributed by atoms with Gasteiger partial charge >= 0.3 is 0 Å². The molecule has 2 aliphatic rings. The number of halogens is 1. The Kier molecular flexibility index (Phi) is 6.41. The summed E-state index contributed by atoms with van der Waals surface area (Å²) in [5.74, 6) is -0.707. The van der Waals surface area contributed by atoms with E-state index in [0.717, 1.165) is 25.3 Å². The van der Waals surface area contributed by atoms with Crippen molar-refractivity contribution in [2.45, 2.75) is 30.2 Å². The Morgan fingerprint density at radius 1 is 1.06 bits per heavy atom. The number of piperazine rings is 1. The van der Waals surface area contributed by atoms with Crippen molar-refractivity contribution in [3.63, 3.8) is 0 Å². The van der Waals surface area contributed by atoms with Crippen molar-refractivity contribution in [3.8, 4) is 0 Å². The highest BCUT2D eigenvalue weighted by atomic mass is 32.2. The van der Waals surface area contributed by atoms with Gasteiger partial charge in [-0.05, 0) is 42.5 Å². The molecular weight excluding hydrogens is 417 g/mol. The van der Waals surface area contributed by atoms with E-state index in [2.05, 4.69) is 12.1 Å². The number of benzene rings is 2. The van der Waals surface area contributed by atoms with Gasteiger partial charge in [0, 0.05) is 33.2 Å². The number of rotatable bonds is 5. The predicted molar refractivity (Wildman–Crippen MR) is 116 cm³/mol. The van der Waals surface area contributed by atoms with Gasteiger partial charge in [0.15, 0.2) is 0 Å². The van der Waals surface area contributed by atoms with Crippen LogP contribution in [-0.2, 0) is 21.2 Å². The second-order valence-electron chi connectivity index (χ2n) is 8.22. The Labute approximate surface area is 183 Å². The van der Waals surface area contributed by atoms with E-state index in [4.69, 9.17) is 0 Å². The lowest BCUT2D eigenvalue weighted by molar-refractivity contribution is -0.133. The third-order valence-corrected chi connectivity index (χ3v) is 8.28. The molecule has 1 fully saturated rings. The number of amides is 1. The molecule has 4 rings (SSSR count). The SMILES string of the molecule is CN(C(=O)CN1CCN(S(=O)(=O)c2ccccc2F)CC1)[C@H]1CCCc2ccccc21. The average molecular weight is 446 g/mol. The molecule has 1 saturated heterocycles. The van der Waals surface area contributed by atoms with Gasteiger partial charge in [-0.1, -0.05) is 36.4 Å². The molecule has 8 heteroatoms. The molecule has 0 bridgehead atoms. The number of hydrogen-bond donors (Lipinski definition) is 0. The Morgan fingerprint density at radius 2 is 1.74 bits per heavy atom. The van der Waals surface area contributed by atoms with Gasteiger partial charge in [-0.3, -0.25) is 9.69 Å². The Hall–Kier alpha value is -2.29. The maximum Gasteiger partial charge on any atom is 0.246 e. The van der Waals surface area contributed by atoms with Crippen LogP contribution in [-0.4, -0.2) is 68.2 Å². The summed E-state index contributed by atoms with van der Waals surface area (Å²) in [7, 11) is -2.02. The number of sulfonamides is 1. The van der Waals surface area contributed by atoms with Gasteiger partial charge in [0.25, 0.3) is 0 Å². The standard InChI is InChI=1S/C23H28FN3O3S/c1-25(21-11-6-8-18-7-2-3-9-19(18)21)23(28)17-26-13-15-27(16-14-26)31(29,30)22-12-5-4-10-20(22)24/h2-5,7,9-10,12,21H,6,8,11,13-17H2,1H3/t21-/m0/s1. The Bertz CT molecular complexity index is 1050. The lowest BCUT2D eigenvalue weighted by Gasteiger charge is -2.37. The largest absolute Gasteiger partial charge is 0.338 e. The van der Waals surface area contributed by atoms with Gasteiger partial charge in [0.1, 0.15) is 10.7 Å². The first-order chi connectivity index (χ1) is 14.9. The van der Waals surface area contributed by atoms with Gasteiger partial charge in [-0.2, -0.15) is 4.31 Å². The van der Waals surface area contributed by atoms with Crippen LogP contribution in [0.5, 0.6) is 0 Å². The summed E-state index contributed by atoms with van der Waals surface area (Å²) < 4.78 is 40.8. The second kappa shape index (κ2) is 9.06. The third-order valence-electron chi connectivity index (χ3n) is 6.34. The maximum atomic E-state index is 14.0. The monoisotopic (exact) mass is 445 g/mol. The van der Waals surface area contributed by atoms with Crippen molar-refractivity contribution < 1.29 is 17.6 Å². The first-order valence-corrected chi connectivity index (χ1v) is 12.1. The molecule has 166 valence electrons. The van der Waals surface area contributed by atoms with Crippen LogP contribution in [0.1, 0.15) is 30.0 Å². The molecular formula is C23H28FN3O3S. The molecule has 0 radical (unpaired) electrons. The highest BCUT2D eigenvalue weighted by molar-refractivity contribution is 7.89. The predicted octanol–water partition coefficient (Wildman–Crippen LogP) is 2.67. The van der Waals surface area contributed by atoms with E-state index >= 15 is 0 Å². The van der Waals surface area contributed by atoms with Crippen LogP contribution in [0.4, 0.5) is 4.39 Å². The van der Waals surface area contributed by atoms with Gasteiger partial charge in [-0.15, -0.1) is 0 Å². The molecule has 2 aromatic carbocycles. The van der Waals surface area contributed by atoms with Crippen LogP contribution in [0.15, 0.2) is 53.4 Å². The van der Waals surface area contributed by atoms with Crippen molar-refractivity contribution in [2.75, 3.05) is 39.8 Å². The van der Waals surface area contributed by atoms with Crippen LogP contribution in [0.25, 0.3) is 0 Å². The normalized spacial score (nSPS) is 20.3. The Balaban J connectivity index is 1.36. The van der Waals surface area contributed by atoms with Crippen molar-refractivity contribution in [1.82, 2.24) is 14.1 Å². The quantitative estimate of drug-likeness (QED) is 0.710. The average Bonchev–Trinajstić information content (AvgIpc) is 2.78. The highest BCUT2D eigenvalue weighted by Gasteiger charge is 2.32. The van der Waals surface area contributed by atoms with Crippen LogP contribution in [0, 0.1) is 5.82 Å². The number of nitrogens with zero attached hydrogens (tertiary/aromatic N) is 3. The summed E-state index contributed by atoms with van der Waals surface area (Å²) in [6.07, 6.45) is 3.06. The van der Waals surface area contributed by atoms with E-state index < -0.39 is 15.8 Å². The van der Waals surface area contributed by atoms with Gasteiger partial charge in [-0.25, -0.2) is 12.8 Å². The lowest BCUT2D eigenvalue weighted by atomic mass is 9.87. The highest BCUT2D eigenvalue weighted by Crippen LogP contribution is 2.33. The fraction of sp³-hybridized carbons (Fsp3) is 0.435. The minimum Gasteiger partial charge on any atom is -0.338 e. The maximum absolute atomic E-state index is 14.0. The van der Waals surface area contributed by atoms with E-state index in [0.29, 0.717) is 13.1 Å². The Morgan fingerprint density at radius 3 is 2.48 bits per heavy atom. The summed E-state index contributed by atoms with van der Waals surface area (Å²) in [5, 5.41) is 0. The van der Waals surface area contributed by atoms with Crippen molar-refractivity contribution in [3.05, 3.63) is 65.5 Å². The zero-order valence-electron chi connectivity index (χ0n) is 17.7. The third kappa shape index (κ3) is 4.51. The fourth-order valence-electron chi connectivity index (χ4n) is 4.53. The summed E-state index contributed by atoms with van der Waals surface area (Å²) in [4.78, 5) is 16.5. The molecule has 1 atom stereocenters. The number of hydrogen-bond acceptors (Lipinski definition) is 4. The van der Waals surface area contributed by atoms with E-state index in [-0.39, 0.29) is 36.5 Å². The lowest BCUT2D eigenvalue weighted by Crippen LogP contribution is -2.51. The first kappa shape index (κ1) is 21.9. The van der Waals surface area contributed by atoms with Crippen LogP contribution >= 0.6 is 0 Å². The van der Waals surface area contributed by atoms with E-state index in [1.54, 1.807) is 0 Å². The van der Waals surface area contributed by atoms with Crippen LogP contribution in [0.2, 0.25) is 0 Å². The summed E-state index contributed by atoms with van der Waals surface area (Å²) in [6.45, 7) is 1.60. The van der Waals surface area contributed by atoms with Crippen molar-refractivity contribution in [1.29, 1.82) is 0 Å². The minimum absolute atomic E-state index is 0.0344. The number of carbonyl (C=O) groups excluding carboxylic acids is 1. The van der Waals surface area contributed by atoms with E-state index in [1.807, 2.05) is 29.0 Å². The van der Waals surface area contributed by atoms with Crippen LogP contribution < -0.4 is 0 Å². The molecule has 1 amide bonds. The second-order valence-corrected chi connectivity index (χ2v) is 10.1. The van der Waals surface area contributed by atoms with Gasteiger partial charge < -0.3 is 4.90 Å². The minimum atomic E-state index is -3.88. The molecule has 1 heterocycles. The van der Waals surface area contributed by atoms with E-state index in [9.17, 15) is 17.6 Å². The summed E-state index contributed by atoms with van der Waals surface area (Å²) >= 11 is 0. The molecule has 6 nitrogen and oxygen atoms in total. The number of aryl methyl sites for hydroxylation is 1. The molecule has 1 aliphatic carbocycles. The molecule has 0 unspecified atom stereocenters. The van der Waals surface area contributed by atoms with E-state index in [1.165, 1.54) is 33.6 Å². The van der Waals surface area contributed by atoms with Crippen molar-refractivity contribution >= 4 is 15.9 Å². The first-order valence-electron chi connectivity index (χ1n) is 10.7. The molecule has 0 aromatic heterocycles. The van der Waals surface area contributed by atoms with Crippen molar-refractivity contribution in [2.24, 2.45) is 0 Å². The molecule has 2 aromatic rings. The number of likely N-dealkylation sites (N-methyl/N-ethyl adjacent to an activating group) is 1. The zero-order chi connectivity index (χ0) is 22.0. The van der Waals surface area contributed by atoms with Gasteiger partial charge in [0.2, 0.25) is 15.9 Å². The fourth-order valence-corrected chi connectivity index (χ4v) is 6.02.